The maximum absolute atomic E-state index is 10.5. The molecule has 0 heterocycles. The van der Waals surface area contributed by atoms with Crippen molar-refractivity contribution in [3.8, 4) is 11.5 Å². The Balaban J connectivity index is 1.80. The van der Waals surface area contributed by atoms with Crippen LogP contribution in [0.3, 0.4) is 0 Å². The minimum atomic E-state index is 0.324. The monoisotopic (exact) mass is 278 g/mol. The molecule has 5 rings (SSSR count). The second kappa shape index (κ2) is 3.82. The molecule has 2 aromatic rings. The van der Waals surface area contributed by atoms with Gasteiger partial charge in [-0.05, 0) is 53.9 Å². The molecule has 1 fully saturated rings. The average molecular weight is 278 g/mol. The maximum atomic E-state index is 10.5. The van der Waals surface area contributed by atoms with E-state index in [1.165, 1.54) is 23.1 Å². The number of fused-ring (bicyclic) bond motifs is 5. The summed E-state index contributed by atoms with van der Waals surface area (Å²) in [5.74, 6) is 4.06. The predicted molar refractivity (Wildman–Crippen MR) is 80.8 cm³/mol. The molecular formula is C19H18O2. The lowest BCUT2D eigenvalue weighted by Crippen LogP contribution is -2.19. The summed E-state index contributed by atoms with van der Waals surface area (Å²) in [7, 11) is 1.75. The van der Waals surface area contributed by atoms with Crippen molar-refractivity contribution < 1.29 is 9.84 Å². The summed E-state index contributed by atoms with van der Waals surface area (Å²) >= 11 is 0. The van der Waals surface area contributed by atoms with Gasteiger partial charge in [-0.3, -0.25) is 0 Å². The molecule has 106 valence electrons. The number of benzene rings is 2. The van der Waals surface area contributed by atoms with Gasteiger partial charge in [0.25, 0.3) is 0 Å². The summed E-state index contributed by atoms with van der Waals surface area (Å²) in [5.41, 5.74) is 5.24. The zero-order chi connectivity index (χ0) is 14.1. The van der Waals surface area contributed by atoms with E-state index in [4.69, 9.17) is 4.74 Å². The van der Waals surface area contributed by atoms with Crippen LogP contribution in [0.5, 0.6) is 11.5 Å². The van der Waals surface area contributed by atoms with E-state index in [1.807, 2.05) is 12.1 Å². The van der Waals surface area contributed by atoms with E-state index in [1.54, 1.807) is 7.11 Å². The smallest absolute Gasteiger partial charge is 0.122 e. The number of phenols is 1. The lowest BCUT2D eigenvalue weighted by atomic mass is 9.74. The number of rotatable bonds is 1. The van der Waals surface area contributed by atoms with Crippen LogP contribution >= 0.6 is 0 Å². The Morgan fingerprint density at radius 1 is 0.952 bits per heavy atom. The van der Waals surface area contributed by atoms with E-state index in [9.17, 15) is 5.11 Å². The highest BCUT2D eigenvalue weighted by Gasteiger charge is 2.60. The number of hydrogen-bond acceptors (Lipinski definition) is 2. The number of hydrogen-bond donors (Lipinski definition) is 1. The first-order valence-electron chi connectivity index (χ1n) is 7.76. The Hall–Kier alpha value is -1.96. The van der Waals surface area contributed by atoms with Crippen LogP contribution in [0.1, 0.15) is 28.2 Å². The Labute approximate surface area is 124 Å². The second-order valence-electron chi connectivity index (χ2n) is 6.67. The molecule has 1 N–H and O–H groups in total. The van der Waals surface area contributed by atoms with Crippen LogP contribution in [-0.2, 0) is 12.8 Å². The van der Waals surface area contributed by atoms with Crippen molar-refractivity contribution in [2.75, 3.05) is 7.11 Å². The molecule has 2 nitrogen and oxygen atoms in total. The SMILES string of the molecule is COc1cccc2c1C1c3c(O)cccc3C[C@@H]3C(C2)[C@H]13. The molecule has 4 atom stereocenters. The first-order chi connectivity index (χ1) is 10.3. The van der Waals surface area contributed by atoms with Gasteiger partial charge in [-0.15, -0.1) is 0 Å². The molecule has 0 bridgehead atoms. The minimum Gasteiger partial charge on any atom is -0.508 e. The quantitative estimate of drug-likeness (QED) is 0.865. The van der Waals surface area contributed by atoms with E-state index in [0.29, 0.717) is 17.6 Å². The van der Waals surface area contributed by atoms with Crippen LogP contribution < -0.4 is 4.74 Å². The molecule has 1 saturated carbocycles. The Morgan fingerprint density at radius 2 is 1.62 bits per heavy atom. The molecule has 3 aliphatic rings. The summed E-state index contributed by atoms with van der Waals surface area (Å²) in [4.78, 5) is 0. The lowest BCUT2D eigenvalue weighted by molar-refractivity contribution is 0.395. The molecule has 0 aromatic heterocycles. The van der Waals surface area contributed by atoms with Crippen LogP contribution in [0.4, 0.5) is 0 Å². The number of methoxy groups -OCH3 is 1. The van der Waals surface area contributed by atoms with E-state index in [0.717, 1.165) is 29.6 Å². The number of ether oxygens (including phenoxy) is 1. The standard InChI is InChI=1S/C19H18O2/c1-21-15-7-3-5-11-9-13-12-8-10-4-2-6-14(20)16(10)19(17(11)15)18(12)13/h2-7,12-13,18-20H,8-9H2,1H3/t12-,13?,18-,19?/m1/s1. The highest BCUT2D eigenvalue weighted by atomic mass is 16.5. The maximum Gasteiger partial charge on any atom is 0.122 e. The summed E-state index contributed by atoms with van der Waals surface area (Å²) < 4.78 is 5.64. The number of phenolic OH excluding ortho intramolecular Hbond substituents is 1. The molecule has 2 aromatic carbocycles. The van der Waals surface area contributed by atoms with Gasteiger partial charge in [0, 0.05) is 17.0 Å². The van der Waals surface area contributed by atoms with E-state index in [-0.39, 0.29) is 0 Å². The van der Waals surface area contributed by atoms with E-state index >= 15 is 0 Å². The first-order valence-corrected chi connectivity index (χ1v) is 7.76. The van der Waals surface area contributed by atoms with Gasteiger partial charge in [-0.1, -0.05) is 24.3 Å². The molecule has 0 spiro atoms. The third-order valence-corrected chi connectivity index (χ3v) is 5.87. The van der Waals surface area contributed by atoms with Crippen molar-refractivity contribution in [1.82, 2.24) is 0 Å². The van der Waals surface area contributed by atoms with Crippen molar-refractivity contribution in [2.24, 2.45) is 17.8 Å². The minimum absolute atomic E-state index is 0.324. The normalized spacial score (nSPS) is 30.9. The molecule has 2 heteroatoms. The van der Waals surface area contributed by atoms with Crippen LogP contribution in [0.2, 0.25) is 0 Å². The topological polar surface area (TPSA) is 29.5 Å². The van der Waals surface area contributed by atoms with Gasteiger partial charge in [-0.25, -0.2) is 0 Å². The molecule has 0 radical (unpaired) electrons. The number of aromatic hydroxyl groups is 1. The fourth-order valence-electron chi connectivity index (χ4n) is 5.02. The van der Waals surface area contributed by atoms with Crippen LogP contribution in [0.25, 0.3) is 0 Å². The van der Waals surface area contributed by atoms with Crippen LogP contribution in [0, 0.1) is 17.8 Å². The third kappa shape index (κ3) is 1.38. The van der Waals surface area contributed by atoms with Gasteiger partial charge in [0.15, 0.2) is 0 Å². The van der Waals surface area contributed by atoms with Crippen molar-refractivity contribution in [1.29, 1.82) is 0 Å². The first kappa shape index (κ1) is 11.7. The van der Waals surface area contributed by atoms with Gasteiger partial charge in [-0.2, -0.15) is 0 Å². The van der Waals surface area contributed by atoms with Gasteiger partial charge < -0.3 is 9.84 Å². The zero-order valence-corrected chi connectivity index (χ0v) is 12.0. The predicted octanol–water partition coefficient (Wildman–Crippen LogP) is 3.51. The molecule has 3 aliphatic carbocycles. The molecule has 2 unspecified atom stereocenters. The largest absolute Gasteiger partial charge is 0.508 e. The molecule has 0 aliphatic heterocycles. The van der Waals surface area contributed by atoms with Crippen molar-refractivity contribution in [3.63, 3.8) is 0 Å². The summed E-state index contributed by atoms with van der Waals surface area (Å²) in [6.07, 6.45) is 2.30. The van der Waals surface area contributed by atoms with Gasteiger partial charge in [0.05, 0.1) is 7.11 Å². The Bertz CT molecular complexity index is 749. The van der Waals surface area contributed by atoms with Crippen LogP contribution in [0.15, 0.2) is 36.4 Å². The summed E-state index contributed by atoms with van der Waals surface area (Å²) in [6, 6.07) is 12.4. The average Bonchev–Trinajstić information content (AvgIpc) is 3.19. The lowest BCUT2D eigenvalue weighted by Gasteiger charge is -2.31. The van der Waals surface area contributed by atoms with Gasteiger partial charge in [0.1, 0.15) is 11.5 Å². The van der Waals surface area contributed by atoms with Gasteiger partial charge in [0.2, 0.25) is 0 Å². The Morgan fingerprint density at radius 3 is 2.33 bits per heavy atom. The van der Waals surface area contributed by atoms with Crippen molar-refractivity contribution >= 4 is 0 Å². The molecular weight excluding hydrogens is 260 g/mol. The highest BCUT2D eigenvalue weighted by molar-refractivity contribution is 5.58. The highest BCUT2D eigenvalue weighted by Crippen LogP contribution is 2.67. The fraction of sp³-hybridized carbons (Fsp3) is 0.368. The summed E-state index contributed by atoms with van der Waals surface area (Å²) in [6.45, 7) is 0. The molecule has 0 amide bonds. The second-order valence-corrected chi connectivity index (χ2v) is 6.67. The van der Waals surface area contributed by atoms with E-state index < -0.39 is 0 Å². The molecule has 0 saturated heterocycles. The fourth-order valence-corrected chi connectivity index (χ4v) is 5.02. The third-order valence-electron chi connectivity index (χ3n) is 5.87. The van der Waals surface area contributed by atoms with Crippen molar-refractivity contribution in [3.05, 3.63) is 58.7 Å². The van der Waals surface area contributed by atoms with Crippen molar-refractivity contribution in [2.45, 2.75) is 18.8 Å². The van der Waals surface area contributed by atoms with Gasteiger partial charge >= 0.3 is 0 Å². The zero-order valence-electron chi connectivity index (χ0n) is 12.0. The van der Waals surface area contributed by atoms with E-state index in [2.05, 4.69) is 24.3 Å². The Kier molecular flexibility index (Phi) is 2.12. The van der Waals surface area contributed by atoms with Crippen LogP contribution in [-0.4, -0.2) is 12.2 Å². The summed E-state index contributed by atoms with van der Waals surface area (Å²) in [5, 5.41) is 10.5. The molecule has 21 heavy (non-hydrogen) atoms.